The summed E-state index contributed by atoms with van der Waals surface area (Å²) >= 11 is 7.58. The van der Waals surface area contributed by atoms with E-state index in [0.29, 0.717) is 0 Å². The van der Waals surface area contributed by atoms with E-state index in [4.69, 9.17) is 11.6 Å². The number of carbonyl (C=O) groups is 1. The van der Waals surface area contributed by atoms with Crippen LogP contribution in [0, 0.1) is 0 Å². The molecular weight excluding hydrogens is 322 g/mol. The van der Waals surface area contributed by atoms with Crippen LogP contribution in [0.5, 0.6) is 0 Å². The number of hydrogen-bond acceptors (Lipinski definition) is 5. The predicted molar refractivity (Wildman–Crippen MR) is 85.9 cm³/mol. The van der Waals surface area contributed by atoms with Crippen LogP contribution in [0.25, 0.3) is 0 Å². The van der Waals surface area contributed by atoms with Gasteiger partial charge in [0.05, 0.1) is 4.34 Å². The summed E-state index contributed by atoms with van der Waals surface area (Å²) in [4.78, 5) is 21.9. The third kappa shape index (κ3) is 3.48. The number of nitrogens with zero attached hydrogens (tertiary/aromatic N) is 5. The van der Waals surface area contributed by atoms with Gasteiger partial charge in [-0.25, -0.2) is 9.67 Å². The molecule has 1 fully saturated rings. The van der Waals surface area contributed by atoms with E-state index < -0.39 is 0 Å². The van der Waals surface area contributed by atoms with Gasteiger partial charge in [0.15, 0.2) is 0 Å². The van der Waals surface area contributed by atoms with Gasteiger partial charge in [-0.15, -0.1) is 11.3 Å². The van der Waals surface area contributed by atoms with Crippen LogP contribution >= 0.6 is 22.9 Å². The normalized spacial score (nSPS) is 17.6. The number of aromatic nitrogens is 3. The average molecular weight is 340 g/mol. The lowest BCUT2D eigenvalue weighted by molar-refractivity contribution is -0.136. The van der Waals surface area contributed by atoms with Crippen LogP contribution in [0.2, 0.25) is 4.34 Å². The molecule has 3 heterocycles. The number of thiophene rings is 1. The van der Waals surface area contributed by atoms with Crippen LogP contribution in [0.1, 0.15) is 17.8 Å². The molecule has 0 spiro atoms. The quantitative estimate of drug-likeness (QED) is 0.853. The molecule has 2 aromatic heterocycles. The number of amides is 1. The number of carbonyl (C=O) groups excluding carboxylic acids is 1. The van der Waals surface area contributed by atoms with Crippen molar-refractivity contribution in [3.8, 4) is 0 Å². The molecule has 6 nitrogen and oxygen atoms in total. The molecule has 0 N–H and O–H groups in total. The zero-order valence-electron chi connectivity index (χ0n) is 12.4. The van der Waals surface area contributed by atoms with Crippen molar-refractivity contribution >= 4 is 28.8 Å². The van der Waals surface area contributed by atoms with Gasteiger partial charge in [0.1, 0.15) is 18.7 Å². The third-order valence-electron chi connectivity index (χ3n) is 3.88. The molecule has 118 valence electrons. The molecule has 1 aliphatic rings. The van der Waals surface area contributed by atoms with Gasteiger partial charge in [-0.2, -0.15) is 5.10 Å². The lowest BCUT2D eigenvalue weighted by atomic mass is 10.2. The summed E-state index contributed by atoms with van der Waals surface area (Å²) in [5.74, 6) is 0.101. The van der Waals surface area contributed by atoms with Crippen molar-refractivity contribution in [1.29, 1.82) is 0 Å². The second kappa shape index (κ2) is 6.76. The van der Waals surface area contributed by atoms with E-state index in [-0.39, 0.29) is 11.9 Å². The molecule has 1 atom stereocenters. The zero-order chi connectivity index (χ0) is 15.5. The Balaban J connectivity index is 1.52. The van der Waals surface area contributed by atoms with Gasteiger partial charge in [-0.3, -0.25) is 9.69 Å². The smallest absolute Gasteiger partial charge is 0.247 e. The highest BCUT2D eigenvalue weighted by Gasteiger charge is 2.26. The van der Waals surface area contributed by atoms with Gasteiger partial charge in [0, 0.05) is 37.6 Å². The van der Waals surface area contributed by atoms with Crippen LogP contribution < -0.4 is 0 Å². The monoisotopic (exact) mass is 339 g/mol. The standard InChI is InChI=1S/C14H18ClN5OS/c1-11(20-10-16-9-17-20)14(21)19-6-4-18(5-7-19)8-12-2-3-13(15)22-12/h2-3,9-11H,4-8H2,1H3. The molecule has 0 radical (unpaired) electrons. The summed E-state index contributed by atoms with van der Waals surface area (Å²) in [7, 11) is 0. The topological polar surface area (TPSA) is 54.3 Å². The van der Waals surface area contributed by atoms with Crippen LogP contribution in [-0.4, -0.2) is 56.7 Å². The van der Waals surface area contributed by atoms with Crippen molar-refractivity contribution in [2.75, 3.05) is 26.2 Å². The van der Waals surface area contributed by atoms with Crippen LogP contribution in [-0.2, 0) is 11.3 Å². The van der Waals surface area contributed by atoms with Gasteiger partial charge in [0.25, 0.3) is 0 Å². The van der Waals surface area contributed by atoms with E-state index in [0.717, 1.165) is 37.1 Å². The number of rotatable bonds is 4. The van der Waals surface area contributed by atoms with Crippen molar-refractivity contribution < 1.29 is 4.79 Å². The molecule has 0 aromatic carbocycles. The first-order valence-electron chi connectivity index (χ1n) is 7.23. The van der Waals surface area contributed by atoms with Crippen molar-refractivity contribution in [2.24, 2.45) is 0 Å². The lowest BCUT2D eigenvalue weighted by Gasteiger charge is -2.35. The second-order valence-electron chi connectivity index (χ2n) is 5.36. The van der Waals surface area contributed by atoms with E-state index >= 15 is 0 Å². The third-order valence-corrected chi connectivity index (χ3v) is 5.10. The summed E-state index contributed by atoms with van der Waals surface area (Å²) in [5, 5.41) is 4.04. The molecule has 1 aliphatic heterocycles. The van der Waals surface area contributed by atoms with Gasteiger partial charge in [-0.1, -0.05) is 11.6 Å². The van der Waals surface area contributed by atoms with E-state index in [1.807, 2.05) is 17.9 Å². The Morgan fingerprint density at radius 3 is 2.73 bits per heavy atom. The maximum atomic E-state index is 12.5. The fraction of sp³-hybridized carbons (Fsp3) is 0.500. The van der Waals surface area contributed by atoms with Gasteiger partial charge in [-0.05, 0) is 19.1 Å². The maximum absolute atomic E-state index is 12.5. The van der Waals surface area contributed by atoms with Crippen LogP contribution in [0.15, 0.2) is 24.8 Å². The summed E-state index contributed by atoms with van der Waals surface area (Å²) in [6.45, 7) is 6.01. The predicted octanol–water partition coefficient (Wildman–Crippen LogP) is 1.90. The lowest BCUT2D eigenvalue weighted by Crippen LogP contribution is -2.49. The van der Waals surface area contributed by atoms with E-state index in [1.165, 1.54) is 11.2 Å². The highest BCUT2D eigenvalue weighted by molar-refractivity contribution is 7.16. The number of piperazine rings is 1. The minimum Gasteiger partial charge on any atom is -0.338 e. The van der Waals surface area contributed by atoms with Crippen molar-refractivity contribution in [3.05, 3.63) is 34.0 Å². The highest BCUT2D eigenvalue weighted by Crippen LogP contribution is 2.23. The molecule has 2 aromatic rings. The molecule has 1 saturated heterocycles. The van der Waals surface area contributed by atoms with E-state index in [1.54, 1.807) is 22.3 Å². The summed E-state index contributed by atoms with van der Waals surface area (Å²) < 4.78 is 2.42. The summed E-state index contributed by atoms with van der Waals surface area (Å²) in [6.07, 6.45) is 3.03. The average Bonchev–Trinajstić information content (AvgIpc) is 3.18. The largest absolute Gasteiger partial charge is 0.338 e. The molecule has 1 amide bonds. The SMILES string of the molecule is CC(C(=O)N1CCN(Cc2ccc(Cl)s2)CC1)n1cncn1. The van der Waals surface area contributed by atoms with E-state index in [9.17, 15) is 4.79 Å². The number of halogens is 1. The Bertz CT molecular complexity index is 621. The fourth-order valence-corrected chi connectivity index (χ4v) is 3.71. The molecule has 0 aliphatic carbocycles. The van der Waals surface area contributed by atoms with Gasteiger partial charge < -0.3 is 4.90 Å². The van der Waals surface area contributed by atoms with Crippen LogP contribution in [0.4, 0.5) is 0 Å². The molecule has 0 bridgehead atoms. The fourth-order valence-electron chi connectivity index (χ4n) is 2.58. The summed E-state index contributed by atoms with van der Waals surface area (Å²) in [5.41, 5.74) is 0. The number of hydrogen-bond donors (Lipinski definition) is 0. The first kappa shape index (κ1) is 15.5. The first-order valence-corrected chi connectivity index (χ1v) is 8.42. The molecule has 3 rings (SSSR count). The molecule has 8 heteroatoms. The van der Waals surface area contributed by atoms with Crippen LogP contribution in [0.3, 0.4) is 0 Å². The van der Waals surface area contributed by atoms with Gasteiger partial charge >= 0.3 is 0 Å². The Hall–Kier alpha value is -1.44. The zero-order valence-corrected chi connectivity index (χ0v) is 13.9. The van der Waals surface area contributed by atoms with Crippen molar-refractivity contribution in [2.45, 2.75) is 19.5 Å². The highest BCUT2D eigenvalue weighted by atomic mass is 35.5. The van der Waals surface area contributed by atoms with Crippen molar-refractivity contribution in [3.63, 3.8) is 0 Å². The summed E-state index contributed by atoms with van der Waals surface area (Å²) in [6, 6.07) is 3.70. The molecule has 22 heavy (non-hydrogen) atoms. The molecular formula is C14H18ClN5OS. The Morgan fingerprint density at radius 1 is 1.36 bits per heavy atom. The minimum atomic E-state index is -0.301. The second-order valence-corrected chi connectivity index (χ2v) is 7.16. The molecule has 0 saturated carbocycles. The van der Waals surface area contributed by atoms with Gasteiger partial charge in [0.2, 0.25) is 5.91 Å². The van der Waals surface area contributed by atoms with Crippen molar-refractivity contribution in [1.82, 2.24) is 24.6 Å². The maximum Gasteiger partial charge on any atom is 0.247 e. The Labute approximate surface area is 138 Å². The molecule has 1 unspecified atom stereocenters. The minimum absolute atomic E-state index is 0.101. The van der Waals surface area contributed by atoms with E-state index in [2.05, 4.69) is 21.0 Å². The Morgan fingerprint density at radius 2 is 2.14 bits per heavy atom. The Kier molecular flexibility index (Phi) is 4.75. The first-order chi connectivity index (χ1) is 10.6.